The summed E-state index contributed by atoms with van der Waals surface area (Å²) in [7, 11) is 5.28. The zero-order valence-electron chi connectivity index (χ0n) is 53.6. The van der Waals surface area contributed by atoms with Gasteiger partial charge in [-0.15, -0.1) is 0 Å². The summed E-state index contributed by atoms with van der Waals surface area (Å²) in [5.74, 6) is 1.45. The smallest absolute Gasteiger partial charge is 0.310 e. The van der Waals surface area contributed by atoms with Crippen molar-refractivity contribution in [3.05, 3.63) is 173 Å². The Balaban J connectivity index is 0.000000197. The number of ether oxygens (including phenoxy) is 8. The van der Waals surface area contributed by atoms with Gasteiger partial charge in [-0.05, 0) is 110 Å². The van der Waals surface area contributed by atoms with Gasteiger partial charge in [0.1, 0.15) is 56.6 Å². The van der Waals surface area contributed by atoms with Crippen LogP contribution in [-0.4, -0.2) is 183 Å². The third kappa shape index (κ3) is 24.4. The molecule has 21 heteroatoms. The fraction of sp³-hybridized carbons (Fsp3) is 0.451. The summed E-state index contributed by atoms with van der Waals surface area (Å²) in [6, 6.07) is 37.3. The molecule has 5 aromatic rings. The monoisotopic (exact) mass is 1280 g/mol. The van der Waals surface area contributed by atoms with Gasteiger partial charge in [-0.2, -0.15) is 0 Å². The molecule has 1 aromatic heterocycles. The second-order valence-corrected chi connectivity index (χ2v) is 22.0. The predicted molar refractivity (Wildman–Crippen MR) is 353 cm³/mol. The SMILES string of the molecule is C=C1NC(=O)C(C)=CN1[C@H]1CC([18F])[C@@H](CO)O1.CNc1ccc(/C=C/c2ccc(OCCOCCOCC[18F])cc2)cc1.CNc1ccc(/C=C/c2ccc(OCCOCCOCC[18F])nc2)cc1.COC(=O)C1C(c2ccc(C)cc2)CC2CCC1N2CCC[18F]. The molecule has 4 aromatic carbocycles. The Labute approximate surface area is 539 Å². The van der Waals surface area contributed by atoms with Crippen LogP contribution >= 0.6 is 0 Å². The topological polar surface area (TPSA) is 184 Å². The number of aromatic nitrogens is 1. The van der Waals surface area contributed by atoms with Gasteiger partial charge in [0.15, 0.2) is 0 Å². The standard InChI is InChI=1S/C21H26FNO3.C20H25FN2O3.C19H26FNO2.C11H15FN2O3/c1-23-20-8-4-18(5-9-20)2-3-19-6-10-21(11-7-19)26-17-16-25-15-14-24-13-12-22;1-22-19-7-4-17(5-8-19)2-3-18-6-9-20(23-16-18)26-15-14-25-13-12-24-11-10-21;1-13-4-6-14(7-5-13)16-12-15-8-9-17(18(16)19(22)23-2)21(15)11-3-10-20;1-6-4-14(7(2)13-11(6)16)10-3-8(12)9(5-15)17-10/h2-11,23H,12-17H2,1H3;2-9,16,22H,10-15H2,1H3;4-7,15-18H,3,8-12H2,1-2H3;4,8-10,15H,2-3,5H2,1H3,(H,13,16)/b2*3-2+;;/t;;;8?,9-,10-/m...1/s1/i22-1;21-1;20-1;12-1. The van der Waals surface area contributed by atoms with Crippen molar-refractivity contribution in [2.75, 3.05) is 131 Å². The number of alkyl halides is 4. The number of pyridine rings is 1. The molecule has 5 heterocycles. The number of aliphatic hydroxyl groups excluding tert-OH is 1. The van der Waals surface area contributed by atoms with E-state index in [1.54, 1.807) is 24.2 Å². The molecule has 9 rings (SSSR count). The number of aryl methyl sites for hydroxylation is 1. The average molecular weight is 1280 g/mol. The number of amides is 1. The highest BCUT2D eigenvalue weighted by atomic mass is 18.2. The molecule has 3 fully saturated rings. The van der Waals surface area contributed by atoms with Crippen LogP contribution in [-0.2, 0) is 38.0 Å². The minimum absolute atomic E-state index is 0.117. The van der Waals surface area contributed by atoms with Crippen molar-refractivity contribution in [3.8, 4) is 11.6 Å². The number of hydrogen-bond acceptors (Lipinski definition) is 16. The van der Waals surface area contributed by atoms with Crippen molar-refractivity contribution >= 4 is 47.6 Å². The summed E-state index contributed by atoms with van der Waals surface area (Å²) in [5.41, 5.74) is 9.52. The second kappa shape index (κ2) is 41.1. The van der Waals surface area contributed by atoms with Crippen LogP contribution < -0.4 is 25.4 Å². The van der Waals surface area contributed by atoms with E-state index in [2.05, 4.69) is 100 Å². The molecule has 4 N–H and O–H groups in total. The number of esters is 1. The molecule has 7 atom stereocenters. The van der Waals surface area contributed by atoms with E-state index in [9.17, 15) is 27.2 Å². The lowest BCUT2D eigenvalue weighted by Gasteiger charge is -2.43. The Morgan fingerprint density at radius 1 is 0.696 bits per heavy atom. The quantitative estimate of drug-likeness (QED) is 0.0142. The van der Waals surface area contributed by atoms with E-state index in [1.165, 1.54) is 18.2 Å². The van der Waals surface area contributed by atoms with Crippen molar-refractivity contribution in [2.45, 2.75) is 82.5 Å². The van der Waals surface area contributed by atoms with Crippen LogP contribution in [0.2, 0.25) is 0 Å². The van der Waals surface area contributed by atoms with Gasteiger partial charge in [0.2, 0.25) is 5.88 Å². The number of nitrogens with zero attached hydrogens (tertiary/aromatic N) is 3. The third-order valence-corrected chi connectivity index (χ3v) is 15.6. The molecule has 2 bridgehead atoms. The lowest BCUT2D eigenvalue weighted by atomic mass is 9.76. The van der Waals surface area contributed by atoms with Crippen LogP contribution in [0.25, 0.3) is 24.3 Å². The Morgan fingerprint density at radius 3 is 1.74 bits per heavy atom. The van der Waals surface area contributed by atoms with Gasteiger partial charge in [0.25, 0.3) is 5.91 Å². The summed E-state index contributed by atoms with van der Waals surface area (Å²) in [6.07, 6.45) is 12.8. The number of methoxy groups -OCH3 is 1. The maximum Gasteiger partial charge on any atom is 0.310 e. The van der Waals surface area contributed by atoms with Gasteiger partial charge < -0.3 is 63.9 Å². The minimum atomic E-state index is -1.20. The van der Waals surface area contributed by atoms with Crippen molar-refractivity contribution in [1.82, 2.24) is 20.1 Å². The fourth-order valence-corrected chi connectivity index (χ4v) is 10.8. The summed E-state index contributed by atoms with van der Waals surface area (Å²) in [4.78, 5) is 32.1. The van der Waals surface area contributed by atoms with E-state index in [-0.39, 0.29) is 62.7 Å². The molecule has 92 heavy (non-hydrogen) atoms. The first kappa shape index (κ1) is 73.4. The molecule has 17 nitrogen and oxygen atoms in total. The third-order valence-electron chi connectivity index (χ3n) is 15.6. The molecule has 5 unspecified atom stereocenters. The normalized spacial score (nSPS) is 20.0. The van der Waals surface area contributed by atoms with Gasteiger partial charge in [-0.25, -0.2) is 18.2 Å². The average Bonchev–Trinajstić information content (AvgIpc) is 1.58. The summed E-state index contributed by atoms with van der Waals surface area (Å²) >= 11 is 0. The van der Waals surface area contributed by atoms with E-state index < -0.39 is 31.9 Å². The number of piperidine rings is 1. The Bertz CT molecular complexity index is 2900. The van der Waals surface area contributed by atoms with Crippen LogP contribution in [0.4, 0.5) is 28.9 Å². The van der Waals surface area contributed by atoms with Crippen molar-refractivity contribution < 1.29 is 70.2 Å². The Morgan fingerprint density at radius 2 is 1.23 bits per heavy atom. The van der Waals surface area contributed by atoms with Crippen LogP contribution in [0.3, 0.4) is 0 Å². The van der Waals surface area contributed by atoms with Crippen molar-refractivity contribution in [3.63, 3.8) is 0 Å². The zero-order chi connectivity index (χ0) is 65.9. The number of carbonyl (C=O) groups is 2. The maximum atomic E-state index is 13.4. The molecule has 0 aliphatic carbocycles. The summed E-state index contributed by atoms with van der Waals surface area (Å²) < 4.78 is 91.9. The lowest BCUT2D eigenvalue weighted by molar-refractivity contribution is -0.150. The van der Waals surface area contributed by atoms with Gasteiger partial charge in [-0.3, -0.25) is 18.9 Å². The number of aliphatic hydroxyl groups is 1. The molecule has 500 valence electrons. The highest BCUT2D eigenvalue weighted by molar-refractivity contribution is 5.94. The molecular weight excluding hydrogens is 1180 g/mol. The van der Waals surface area contributed by atoms with E-state index in [4.69, 9.17) is 43.0 Å². The van der Waals surface area contributed by atoms with Crippen LogP contribution in [0.15, 0.2) is 140 Å². The largest absolute Gasteiger partial charge is 0.491 e. The summed E-state index contributed by atoms with van der Waals surface area (Å²) in [5, 5.41) is 17.7. The van der Waals surface area contributed by atoms with Crippen molar-refractivity contribution in [1.29, 1.82) is 0 Å². The molecule has 0 spiro atoms. The first-order valence-electron chi connectivity index (χ1n) is 31.3. The van der Waals surface area contributed by atoms with Crippen molar-refractivity contribution in [2.24, 2.45) is 5.92 Å². The van der Waals surface area contributed by atoms with E-state index in [0.29, 0.717) is 82.6 Å². The Hall–Kier alpha value is -7.63. The number of carbonyl (C=O) groups excluding carboxylic acids is 2. The molecule has 4 aliphatic heterocycles. The number of fused-ring (bicyclic) bond motifs is 2. The molecular formula is C71H92F4N6O11. The summed E-state index contributed by atoms with van der Waals surface area (Å²) in [6.45, 7) is 10.3. The predicted octanol–water partition coefficient (Wildman–Crippen LogP) is 11.7. The molecule has 3 saturated heterocycles. The van der Waals surface area contributed by atoms with Gasteiger partial charge in [0, 0.05) is 80.5 Å². The van der Waals surface area contributed by atoms with Gasteiger partial charge in [0.05, 0.1) is 79.2 Å². The maximum absolute atomic E-state index is 13.4. The molecule has 4 aliphatic rings. The minimum Gasteiger partial charge on any atom is -0.491 e. The lowest BCUT2D eigenvalue weighted by Crippen LogP contribution is -2.51. The Kier molecular flexibility index (Phi) is 32.8. The number of rotatable bonds is 31. The number of hydrogen-bond donors (Lipinski definition) is 4. The van der Waals surface area contributed by atoms with Crippen LogP contribution in [0.5, 0.6) is 11.6 Å². The van der Waals surface area contributed by atoms with E-state index >= 15 is 0 Å². The molecule has 0 radical (unpaired) electrons. The van der Waals surface area contributed by atoms with E-state index in [0.717, 1.165) is 65.2 Å². The molecule has 0 saturated carbocycles. The number of anilines is 2. The molecule has 1 amide bonds. The van der Waals surface area contributed by atoms with Crippen LogP contribution in [0, 0.1) is 12.8 Å². The number of halogens is 4. The fourth-order valence-electron chi connectivity index (χ4n) is 10.8. The van der Waals surface area contributed by atoms with Gasteiger partial charge >= 0.3 is 5.97 Å². The number of nitrogens with one attached hydrogen (secondary N) is 3. The highest BCUT2D eigenvalue weighted by Gasteiger charge is 2.50. The van der Waals surface area contributed by atoms with E-state index in [1.807, 2.05) is 86.9 Å². The van der Waals surface area contributed by atoms with Gasteiger partial charge in [-0.1, -0.05) is 97.1 Å². The zero-order valence-corrected chi connectivity index (χ0v) is 53.6. The first-order valence-corrected chi connectivity index (χ1v) is 31.3. The number of benzene rings is 4. The van der Waals surface area contributed by atoms with Crippen LogP contribution in [0.1, 0.15) is 78.3 Å². The first-order chi connectivity index (χ1) is 44.8. The highest BCUT2D eigenvalue weighted by Crippen LogP contribution is 2.47. The second-order valence-electron chi connectivity index (χ2n) is 22.0.